The molecule has 0 aliphatic carbocycles. The van der Waals surface area contributed by atoms with Crippen molar-refractivity contribution in [1.82, 2.24) is 9.78 Å². The number of hydrogen-bond donors (Lipinski definition) is 1. The number of aromatic nitrogens is 2. The van der Waals surface area contributed by atoms with Crippen LogP contribution in [-0.4, -0.2) is 20.9 Å². The lowest BCUT2D eigenvalue weighted by Gasteiger charge is -2.05. The van der Waals surface area contributed by atoms with Crippen LogP contribution in [0.4, 0.5) is 4.39 Å². The first-order chi connectivity index (χ1) is 8.08. The fourth-order valence-electron chi connectivity index (χ4n) is 1.45. The molecule has 0 aliphatic heterocycles. The van der Waals surface area contributed by atoms with E-state index in [4.69, 9.17) is 5.11 Å². The zero-order chi connectivity index (χ0) is 12.4. The first kappa shape index (κ1) is 11.3. The van der Waals surface area contributed by atoms with Gasteiger partial charge in [0.05, 0.1) is 6.20 Å². The maximum absolute atomic E-state index is 12.7. The van der Waals surface area contributed by atoms with Crippen molar-refractivity contribution in [2.75, 3.05) is 0 Å². The third-order valence-corrected chi connectivity index (χ3v) is 2.53. The molecule has 0 unspecified atom stereocenters. The third kappa shape index (κ3) is 2.33. The van der Waals surface area contributed by atoms with Crippen molar-refractivity contribution in [3.8, 4) is 11.1 Å². The number of carboxylic acid groups (broad SMARTS) is 1. The van der Waals surface area contributed by atoms with Crippen molar-refractivity contribution < 1.29 is 14.3 Å². The molecule has 0 saturated carbocycles. The van der Waals surface area contributed by atoms with Crippen LogP contribution in [0.2, 0.25) is 0 Å². The second kappa shape index (κ2) is 4.37. The Bertz CT molecular complexity index is 534. The highest BCUT2D eigenvalue weighted by atomic mass is 19.1. The van der Waals surface area contributed by atoms with Gasteiger partial charge in [0.15, 0.2) is 0 Å². The molecule has 2 rings (SSSR count). The van der Waals surface area contributed by atoms with Gasteiger partial charge in [-0.2, -0.15) is 5.10 Å². The average molecular weight is 234 g/mol. The quantitative estimate of drug-likeness (QED) is 0.886. The minimum atomic E-state index is -0.946. The van der Waals surface area contributed by atoms with E-state index in [9.17, 15) is 9.18 Å². The third-order valence-electron chi connectivity index (χ3n) is 2.53. The fourth-order valence-corrected chi connectivity index (χ4v) is 1.45. The van der Waals surface area contributed by atoms with E-state index in [0.29, 0.717) is 0 Å². The second-order valence-electron chi connectivity index (χ2n) is 3.73. The Morgan fingerprint density at radius 2 is 2.00 bits per heavy atom. The summed E-state index contributed by atoms with van der Waals surface area (Å²) in [5.74, 6) is -1.25. The average Bonchev–Trinajstić information content (AvgIpc) is 2.78. The van der Waals surface area contributed by atoms with Gasteiger partial charge < -0.3 is 5.11 Å². The van der Waals surface area contributed by atoms with Crippen molar-refractivity contribution in [2.24, 2.45) is 0 Å². The largest absolute Gasteiger partial charge is 0.480 e. The van der Waals surface area contributed by atoms with Crippen LogP contribution < -0.4 is 0 Å². The van der Waals surface area contributed by atoms with Crippen LogP contribution in [-0.2, 0) is 4.79 Å². The summed E-state index contributed by atoms with van der Waals surface area (Å²) < 4.78 is 14.1. The second-order valence-corrected chi connectivity index (χ2v) is 3.73. The molecular weight excluding hydrogens is 223 g/mol. The summed E-state index contributed by atoms with van der Waals surface area (Å²) in [4.78, 5) is 10.8. The molecule has 5 heteroatoms. The molecule has 2 aromatic rings. The summed E-state index contributed by atoms with van der Waals surface area (Å²) in [6.45, 7) is 1.55. The SMILES string of the molecule is C[C@@H](C(=O)O)n1cc(-c2ccc(F)cc2)cn1. The first-order valence-electron chi connectivity index (χ1n) is 5.11. The number of halogens is 1. The van der Waals surface area contributed by atoms with Crippen molar-refractivity contribution >= 4 is 5.97 Å². The highest BCUT2D eigenvalue weighted by Gasteiger charge is 2.14. The molecule has 1 aromatic carbocycles. The van der Waals surface area contributed by atoms with Crippen LogP contribution in [0, 0.1) is 5.82 Å². The Morgan fingerprint density at radius 1 is 1.35 bits per heavy atom. The number of benzene rings is 1. The van der Waals surface area contributed by atoms with Crippen LogP contribution in [0.3, 0.4) is 0 Å². The molecule has 0 aliphatic rings. The van der Waals surface area contributed by atoms with Gasteiger partial charge in [-0.3, -0.25) is 4.68 Å². The van der Waals surface area contributed by atoms with Gasteiger partial charge >= 0.3 is 5.97 Å². The zero-order valence-corrected chi connectivity index (χ0v) is 9.17. The molecule has 0 saturated heterocycles. The number of aliphatic carboxylic acids is 1. The summed E-state index contributed by atoms with van der Waals surface area (Å²) in [6, 6.07) is 5.24. The molecule has 1 heterocycles. The minimum Gasteiger partial charge on any atom is -0.480 e. The van der Waals surface area contributed by atoms with Crippen molar-refractivity contribution in [1.29, 1.82) is 0 Å². The minimum absolute atomic E-state index is 0.306. The summed E-state index contributed by atoms with van der Waals surface area (Å²) in [6.07, 6.45) is 3.19. The summed E-state index contributed by atoms with van der Waals surface area (Å²) >= 11 is 0. The zero-order valence-electron chi connectivity index (χ0n) is 9.17. The molecule has 17 heavy (non-hydrogen) atoms. The maximum Gasteiger partial charge on any atom is 0.328 e. The van der Waals surface area contributed by atoms with Crippen LogP contribution in [0.1, 0.15) is 13.0 Å². The lowest BCUT2D eigenvalue weighted by molar-refractivity contribution is -0.140. The molecule has 0 radical (unpaired) electrons. The first-order valence-corrected chi connectivity index (χ1v) is 5.11. The molecule has 0 spiro atoms. The smallest absolute Gasteiger partial charge is 0.328 e. The fraction of sp³-hybridized carbons (Fsp3) is 0.167. The van der Waals surface area contributed by atoms with Gasteiger partial charge in [0.1, 0.15) is 11.9 Å². The van der Waals surface area contributed by atoms with E-state index in [-0.39, 0.29) is 5.82 Å². The Labute approximate surface area is 97.3 Å². The lowest BCUT2D eigenvalue weighted by Crippen LogP contribution is -2.15. The van der Waals surface area contributed by atoms with Crippen LogP contribution in [0.5, 0.6) is 0 Å². The highest BCUT2D eigenvalue weighted by molar-refractivity contribution is 5.71. The van der Waals surface area contributed by atoms with E-state index >= 15 is 0 Å². The lowest BCUT2D eigenvalue weighted by atomic mass is 10.1. The summed E-state index contributed by atoms with van der Waals surface area (Å²) in [5.41, 5.74) is 1.56. The van der Waals surface area contributed by atoms with Crippen LogP contribution >= 0.6 is 0 Å². The standard InChI is InChI=1S/C12H11FN2O2/c1-8(12(16)17)15-7-10(6-14-15)9-2-4-11(13)5-3-9/h2-8H,1H3,(H,16,17)/t8-/m0/s1. The van der Waals surface area contributed by atoms with E-state index < -0.39 is 12.0 Å². The van der Waals surface area contributed by atoms with E-state index in [2.05, 4.69) is 5.10 Å². The van der Waals surface area contributed by atoms with Crippen molar-refractivity contribution in [2.45, 2.75) is 13.0 Å². The monoisotopic (exact) mass is 234 g/mol. The molecule has 1 aromatic heterocycles. The molecule has 0 fully saturated rings. The molecule has 1 N–H and O–H groups in total. The number of rotatable bonds is 3. The molecule has 88 valence electrons. The van der Waals surface area contributed by atoms with E-state index in [1.807, 2.05) is 0 Å². The number of carboxylic acids is 1. The normalized spacial score (nSPS) is 12.4. The number of nitrogens with zero attached hydrogens (tertiary/aromatic N) is 2. The Hall–Kier alpha value is -2.17. The van der Waals surface area contributed by atoms with Gasteiger partial charge in [0.2, 0.25) is 0 Å². The van der Waals surface area contributed by atoms with Gasteiger partial charge in [0, 0.05) is 11.8 Å². The Kier molecular flexibility index (Phi) is 2.91. The Balaban J connectivity index is 2.29. The predicted octanol–water partition coefficient (Wildman–Crippen LogP) is 2.33. The van der Waals surface area contributed by atoms with Gasteiger partial charge in [-0.15, -0.1) is 0 Å². The molecule has 1 atom stereocenters. The molecular formula is C12H11FN2O2. The molecule has 4 nitrogen and oxygen atoms in total. The number of carbonyl (C=O) groups is 1. The predicted molar refractivity (Wildman–Crippen MR) is 60.0 cm³/mol. The van der Waals surface area contributed by atoms with Gasteiger partial charge in [-0.05, 0) is 24.6 Å². The maximum atomic E-state index is 12.7. The van der Waals surface area contributed by atoms with Gasteiger partial charge in [0.25, 0.3) is 0 Å². The number of hydrogen-bond acceptors (Lipinski definition) is 2. The van der Waals surface area contributed by atoms with E-state index in [0.717, 1.165) is 11.1 Å². The van der Waals surface area contributed by atoms with E-state index in [1.165, 1.54) is 16.8 Å². The van der Waals surface area contributed by atoms with Gasteiger partial charge in [-0.1, -0.05) is 12.1 Å². The summed E-state index contributed by atoms with van der Waals surface area (Å²) in [7, 11) is 0. The topological polar surface area (TPSA) is 55.1 Å². The summed E-state index contributed by atoms with van der Waals surface area (Å²) in [5, 5.41) is 12.8. The van der Waals surface area contributed by atoms with Crippen molar-refractivity contribution in [3.05, 3.63) is 42.5 Å². The van der Waals surface area contributed by atoms with Crippen LogP contribution in [0.15, 0.2) is 36.7 Å². The van der Waals surface area contributed by atoms with Crippen molar-refractivity contribution in [3.63, 3.8) is 0 Å². The van der Waals surface area contributed by atoms with Gasteiger partial charge in [-0.25, -0.2) is 9.18 Å². The van der Waals surface area contributed by atoms with E-state index in [1.54, 1.807) is 31.5 Å². The highest BCUT2D eigenvalue weighted by Crippen LogP contribution is 2.20. The molecule has 0 amide bonds. The molecule has 0 bridgehead atoms. The Morgan fingerprint density at radius 3 is 2.59 bits per heavy atom. The van der Waals surface area contributed by atoms with Crippen LogP contribution in [0.25, 0.3) is 11.1 Å².